The van der Waals surface area contributed by atoms with Crippen molar-refractivity contribution < 1.29 is 4.74 Å². The maximum atomic E-state index is 6.28. The molecule has 0 spiro atoms. The van der Waals surface area contributed by atoms with Crippen LogP contribution in [0.5, 0.6) is 5.75 Å². The molecule has 0 aliphatic rings. The first-order valence-electron chi connectivity index (χ1n) is 6.90. The molecule has 0 atom stereocenters. The molecule has 0 N–H and O–H groups in total. The molecule has 2 aromatic rings. The Balaban J connectivity index is 1.96. The first-order chi connectivity index (χ1) is 9.81. The molecule has 0 aromatic heterocycles. The topological polar surface area (TPSA) is 9.23 Å². The molecule has 106 valence electrons. The van der Waals surface area contributed by atoms with Gasteiger partial charge in [-0.15, -0.1) is 0 Å². The van der Waals surface area contributed by atoms with Crippen LogP contribution in [0, 0.1) is 0 Å². The molecule has 20 heavy (non-hydrogen) atoms. The highest BCUT2D eigenvalue weighted by atomic mass is 35.5. The van der Waals surface area contributed by atoms with E-state index in [1.165, 1.54) is 0 Å². The molecule has 0 fully saturated rings. The standard InChI is InChI=1S/C17H19ClOS/c18-16-13-15(14-7-3-1-4-8-14)9-10-17(16)19-11-5-2-6-12-20/h1,3-4,7-10,13,20H,2,5-6,11-12H2. The molecule has 0 radical (unpaired) electrons. The fourth-order valence-corrected chi connectivity index (χ4v) is 2.46. The van der Waals surface area contributed by atoms with Crippen LogP contribution < -0.4 is 4.74 Å². The van der Waals surface area contributed by atoms with E-state index < -0.39 is 0 Å². The summed E-state index contributed by atoms with van der Waals surface area (Å²) in [5.74, 6) is 1.70. The van der Waals surface area contributed by atoms with Gasteiger partial charge in [-0.05, 0) is 48.3 Å². The Kier molecular flexibility index (Phi) is 6.28. The van der Waals surface area contributed by atoms with E-state index in [4.69, 9.17) is 16.3 Å². The second-order valence-corrected chi connectivity index (χ2v) is 5.50. The summed E-state index contributed by atoms with van der Waals surface area (Å²) in [5.41, 5.74) is 2.27. The first-order valence-corrected chi connectivity index (χ1v) is 7.91. The van der Waals surface area contributed by atoms with Crippen molar-refractivity contribution >= 4 is 24.2 Å². The van der Waals surface area contributed by atoms with Crippen molar-refractivity contribution in [1.82, 2.24) is 0 Å². The molecular formula is C17H19ClOS. The molecule has 0 saturated heterocycles. The van der Waals surface area contributed by atoms with Crippen molar-refractivity contribution in [2.24, 2.45) is 0 Å². The van der Waals surface area contributed by atoms with E-state index in [9.17, 15) is 0 Å². The van der Waals surface area contributed by atoms with Crippen molar-refractivity contribution in [1.29, 1.82) is 0 Å². The van der Waals surface area contributed by atoms with Crippen LogP contribution in [0.3, 0.4) is 0 Å². The van der Waals surface area contributed by atoms with Gasteiger partial charge in [-0.2, -0.15) is 12.6 Å². The van der Waals surface area contributed by atoms with E-state index >= 15 is 0 Å². The third-order valence-electron chi connectivity index (χ3n) is 3.10. The van der Waals surface area contributed by atoms with E-state index in [1.807, 2.05) is 36.4 Å². The molecule has 0 aliphatic carbocycles. The van der Waals surface area contributed by atoms with Gasteiger partial charge >= 0.3 is 0 Å². The first kappa shape index (κ1) is 15.3. The molecule has 0 saturated carbocycles. The fourth-order valence-electron chi connectivity index (χ4n) is 2.00. The molecule has 2 aromatic carbocycles. The van der Waals surface area contributed by atoms with Gasteiger partial charge in [-0.1, -0.05) is 48.0 Å². The highest BCUT2D eigenvalue weighted by Crippen LogP contribution is 2.30. The number of thiol groups is 1. The Labute approximate surface area is 131 Å². The van der Waals surface area contributed by atoms with E-state index in [-0.39, 0.29) is 0 Å². The second kappa shape index (κ2) is 8.23. The summed E-state index contributed by atoms with van der Waals surface area (Å²) in [6.45, 7) is 0.707. The minimum absolute atomic E-state index is 0.667. The Morgan fingerprint density at radius 3 is 2.40 bits per heavy atom. The van der Waals surface area contributed by atoms with E-state index in [0.717, 1.165) is 41.9 Å². The van der Waals surface area contributed by atoms with Crippen LogP contribution in [-0.4, -0.2) is 12.4 Å². The summed E-state index contributed by atoms with van der Waals surface area (Å²) in [6.07, 6.45) is 3.31. The number of unbranched alkanes of at least 4 members (excludes halogenated alkanes) is 2. The zero-order chi connectivity index (χ0) is 14.2. The summed E-state index contributed by atoms with van der Waals surface area (Å²) in [5, 5.41) is 0.667. The highest BCUT2D eigenvalue weighted by molar-refractivity contribution is 7.80. The lowest BCUT2D eigenvalue weighted by molar-refractivity contribution is 0.306. The Bertz CT molecular complexity index is 528. The number of ether oxygens (including phenoxy) is 1. The van der Waals surface area contributed by atoms with Crippen molar-refractivity contribution in [3.63, 3.8) is 0 Å². The second-order valence-electron chi connectivity index (χ2n) is 4.64. The van der Waals surface area contributed by atoms with Gasteiger partial charge in [0, 0.05) is 0 Å². The predicted molar refractivity (Wildman–Crippen MR) is 90.1 cm³/mol. The maximum absolute atomic E-state index is 6.28. The molecule has 0 heterocycles. The minimum Gasteiger partial charge on any atom is -0.492 e. The van der Waals surface area contributed by atoms with E-state index in [0.29, 0.717) is 11.6 Å². The van der Waals surface area contributed by atoms with Crippen LogP contribution in [0.15, 0.2) is 48.5 Å². The number of halogens is 1. The number of hydrogen-bond donors (Lipinski definition) is 1. The fraction of sp³-hybridized carbons (Fsp3) is 0.294. The molecule has 0 amide bonds. The zero-order valence-corrected chi connectivity index (χ0v) is 13.0. The monoisotopic (exact) mass is 306 g/mol. The lowest BCUT2D eigenvalue weighted by Crippen LogP contribution is -1.98. The summed E-state index contributed by atoms with van der Waals surface area (Å²) in [4.78, 5) is 0. The van der Waals surface area contributed by atoms with Crippen LogP contribution in [0.4, 0.5) is 0 Å². The number of benzene rings is 2. The van der Waals surface area contributed by atoms with Crippen LogP contribution >= 0.6 is 24.2 Å². The number of hydrogen-bond acceptors (Lipinski definition) is 2. The summed E-state index contributed by atoms with van der Waals surface area (Å²) < 4.78 is 5.72. The minimum atomic E-state index is 0.667. The van der Waals surface area contributed by atoms with Gasteiger partial charge in [-0.3, -0.25) is 0 Å². The lowest BCUT2D eigenvalue weighted by Gasteiger charge is -2.09. The Hall–Kier alpha value is -1.12. The van der Waals surface area contributed by atoms with Gasteiger partial charge in [0.1, 0.15) is 5.75 Å². The van der Waals surface area contributed by atoms with Gasteiger partial charge in [0.2, 0.25) is 0 Å². The van der Waals surface area contributed by atoms with Crippen molar-refractivity contribution in [3.05, 3.63) is 53.6 Å². The highest BCUT2D eigenvalue weighted by Gasteiger charge is 2.04. The summed E-state index contributed by atoms with van der Waals surface area (Å²) >= 11 is 10.5. The average molecular weight is 307 g/mol. The molecule has 3 heteroatoms. The lowest BCUT2D eigenvalue weighted by atomic mass is 10.1. The molecular weight excluding hydrogens is 288 g/mol. The predicted octanol–water partition coefficient (Wildman–Crippen LogP) is 5.49. The quantitative estimate of drug-likeness (QED) is 0.526. The van der Waals surface area contributed by atoms with E-state index in [1.54, 1.807) is 0 Å². The van der Waals surface area contributed by atoms with Crippen molar-refractivity contribution in [2.45, 2.75) is 19.3 Å². The summed E-state index contributed by atoms with van der Waals surface area (Å²) in [7, 11) is 0. The molecule has 0 unspecified atom stereocenters. The summed E-state index contributed by atoms with van der Waals surface area (Å²) in [6, 6.07) is 16.2. The molecule has 0 aliphatic heterocycles. The van der Waals surface area contributed by atoms with Gasteiger partial charge in [0.05, 0.1) is 11.6 Å². The maximum Gasteiger partial charge on any atom is 0.137 e. The van der Waals surface area contributed by atoms with Gasteiger partial charge < -0.3 is 4.74 Å². The Morgan fingerprint density at radius 1 is 0.900 bits per heavy atom. The van der Waals surface area contributed by atoms with Crippen LogP contribution in [-0.2, 0) is 0 Å². The van der Waals surface area contributed by atoms with Crippen LogP contribution in [0.1, 0.15) is 19.3 Å². The van der Waals surface area contributed by atoms with Gasteiger partial charge in [0.15, 0.2) is 0 Å². The Morgan fingerprint density at radius 2 is 1.70 bits per heavy atom. The van der Waals surface area contributed by atoms with E-state index in [2.05, 4.69) is 24.8 Å². The van der Waals surface area contributed by atoms with Crippen LogP contribution in [0.2, 0.25) is 5.02 Å². The normalized spacial score (nSPS) is 10.5. The third kappa shape index (κ3) is 4.46. The third-order valence-corrected chi connectivity index (χ3v) is 3.71. The van der Waals surface area contributed by atoms with Crippen molar-refractivity contribution in [3.8, 4) is 16.9 Å². The van der Waals surface area contributed by atoms with Gasteiger partial charge in [-0.25, -0.2) is 0 Å². The zero-order valence-electron chi connectivity index (χ0n) is 11.4. The average Bonchev–Trinajstić information content (AvgIpc) is 2.49. The van der Waals surface area contributed by atoms with Crippen LogP contribution in [0.25, 0.3) is 11.1 Å². The SMILES string of the molecule is SCCCCCOc1ccc(-c2ccccc2)cc1Cl. The largest absolute Gasteiger partial charge is 0.492 e. The molecule has 0 bridgehead atoms. The smallest absolute Gasteiger partial charge is 0.137 e. The van der Waals surface area contributed by atoms with Crippen molar-refractivity contribution in [2.75, 3.05) is 12.4 Å². The molecule has 2 rings (SSSR count). The van der Waals surface area contributed by atoms with Gasteiger partial charge in [0.25, 0.3) is 0 Å². The molecule has 1 nitrogen and oxygen atoms in total. The number of rotatable bonds is 7.